The third-order valence-corrected chi connectivity index (χ3v) is 3.99. The number of furan rings is 1. The average molecular weight is 248 g/mol. The van der Waals surface area contributed by atoms with Gasteiger partial charge in [0.2, 0.25) is 5.91 Å². The highest BCUT2D eigenvalue weighted by molar-refractivity contribution is 5.76. The standard InChI is InChI=1S/C14H20N2O2/c1-9-6-12(9)13-4-3-11(18-13)8-15-10-2-5-14(17)16-7-10/h3-4,9-10,12,15H,2,5-8H2,1H3,(H,16,17). The maximum atomic E-state index is 11.0. The SMILES string of the molecule is CC1CC1c1ccc(CNC2CCC(=O)NC2)o1. The molecule has 18 heavy (non-hydrogen) atoms. The van der Waals surface area contributed by atoms with Gasteiger partial charge in [0.05, 0.1) is 6.54 Å². The zero-order chi connectivity index (χ0) is 12.5. The number of carbonyl (C=O) groups is 1. The highest BCUT2D eigenvalue weighted by Crippen LogP contribution is 2.47. The molecule has 2 N–H and O–H groups in total. The van der Waals surface area contributed by atoms with Gasteiger partial charge in [0.25, 0.3) is 0 Å². The Bertz CT molecular complexity index is 431. The van der Waals surface area contributed by atoms with Gasteiger partial charge in [-0.1, -0.05) is 6.92 Å². The molecule has 0 bridgehead atoms. The molecule has 1 aromatic heterocycles. The third kappa shape index (κ3) is 2.58. The van der Waals surface area contributed by atoms with Gasteiger partial charge >= 0.3 is 0 Å². The molecule has 4 heteroatoms. The number of hydrogen-bond donors (Lipinski definition) is 2. The highest BCUT2D eigenvalue weighted by atomic mass is 16.3. The molecule has 2 heterocycles. The van der Waals surface area contributed by atoms with Crippen LogP contribution in [0.1, 0.15) is 43.6 Å². The number of piperidine rings is 1. The summed E-state index contributed by atoms with van der Waals surface area (Å²) in [6, 6.07) is 4.54. The van der Waals surface area contributed by atoms with Crippen LogP contribution < -0.4 is 10.6 Å². The molecule has 1 saturated carbocycles. The van der Waals surface area contributed by atoms with Crippen molar-refractivity contribution in [3.8, 4) is 0 Å². The highest BCUT2D eigenvalue weighted by Gasteiger charge is 2.36. The normalized spacial score (nSPS) is 31.2. The topological polar surface area (TPSA) is 54.3 Å². The summed E-state index contributed by atoms with van der Waals surface area (Å²) in [4.78, 5) is 11.0. The monoisotopic (exact) mass is 248 g/mol. The van der Waals surface area contributed by atoms with Crippen molar-refractivity contribution in [1.82, 2.24) is 10.6 Å². The molecule has 3 rings (SSSR count). The Morgan fingerprint density at radius 2 is 2.33 bits per heavy atom. The minimum atomic E-state index is 0.163. The lowest BCUT2D eigenvalue weighted by molar-refractivity contribution is -0.122. The van der Waals surface area contributed by atoms with E-state index in [1.54, 1.807) is 0 Å². The maximum absolute atomic E-state index is 11.0. The van der Waals surface area contributed by atoms with E-state index < -0.39 is 0 Å². The Morgan fingerprint density at radius 3 is 3.00 bits per heavy atom. The predicted octanol–water partition coefficient (Wildman–Crippen LogP) is 1.77. The smallest absolute Gasteiger partial charge is 0.220 e. The van der Waals surface area contributed by atoms with Crippen LogP contribution in [-0.4, -0.2) is 18.5 Å². The summed E-state index contributed by atoms with van der Waals surface area (Å²) < 4.78 is 5.84. The van der Waals surface area contributed by atoms with E-state index in [1.807, 2.05) is 0 Å². The average Bonchev–Trinajstić information content (AvgIpc) is 2.92. The van der Waals surface area contributed by atoms with Gasteiger partial charge in [-0.25, -0.2) is 0 Å². The Balaban J connectivity index is 1.48. The van der Waals surface area contributed by atoms with E-state index in [0.717, 1.165) is 36.9 Å². The maximum Gasteiger partial charge on any atom is 0.220 e. The zero-order valence-corrected chi connectivity index (χ0v) is 10.7. The molecule has 98 valence electrons. The molecule has 3 atom stereocenters. The third-order valence-electron chi connectivity index (χ3n) is 3.99. The Kier molecular flexibility index (Phi) is 3.12. The van der Waals surface area contributed by atoms with Crippen LogP contribution >= 0.6 is 0 Å². The van der Waals surface area contributed by atoms with Gasteiger partial charge in [0, 0.05) is 24.9 Å². The fraction of sp³-hybridized carbons (Fsp3) is 0.643. The summed E-state index contributed by atoms with van der Waals surface area (Å²) in [5.41, 5.74) is 0. The Labute approximate surface area is 107 Å². The van der Waals surface area contributed by atoms with Crippen LogP contribution in [0.2, 0.25) is 0 Å². The van der Waals surface area contributed by atoms with Gasteiger partial charge in [-0.2, -0.15) is 0 Å². The number of rotatable bonds is 4. The van der Waals surface area contributed by atoms with Gasteiger partial charge in [-0.15, -0.1) is 0 Å². The van der Waals surface area contributed by atoms with Crippen molar-refractivity contribution >= 4 is 5.91 Å². The molecule has 1 aliphatic heterocycles. The predicted molar refractivity (Wildman–Crippen MR) is 68.1 cm³/mol. The molecule has 3 unspecified atom stereocenters. The van der Waals surface area contributed by atoms with E-state index in [9.17, 15) is 4.79 Å². The van der Waals surface area contributed by atoms with Crippen LogP contribution in [0.25, 0.3) is 0 Å². The largest absolute Gasteiger partial charge is 0.464 e. The number of hydrogen-bond acceptors (Lipinski definition) is 3. The first kappa shape index (κ1) is 11.8. The Hall–Kier alpha value is -1.29. The van der Waals surface area contributed by atoms with Gasteiger partial charge in [0.1, 0.15) is 11.5 Å². The molecule has 1 aliphatic carbocycles. The number of amides is 1. The zero-order valence-electron chi connectivity index (χ0n) is 10.7. The van der Waals surface area contributed by atoms with Crippen molar-refractivity contribution in [2.24, 2.45) is 5.92 Å². The summed E-state index contributed by atoms with van der Waals surface area (Å²) in [6.07, 6.45) is 2.80. The second kappa shape index (κ2) is 4.76. The van der Waals surface area contributed by atoms with E-state index in [1.165, 1.54) is 6.42 Å². The van der Waals surface area contributed by atoms with Gasteiger partial charge in [0.15, 0.2) is 0 Å². The molecule has 2 aliphatic rings. The van der Waals surface area contributed by atoms with Crippen molar-refractivity contribution in [2.75, 3.05) is 6.54 Å². The van der Waals surface area contributed by atoms with Crippen LogP contribution in [0.15, 0.2) is 16.5 Å². The molecule has 1 saturated heterocycles. The van der Waals surface area contributed by atoms with Gasteiger partial charge in [-0.3, -0.25) is 4.79 Å². The molecule has 2 fully saturated rings. The van der Waals surface area contributed by atoms with Crippen LogP contribution in [-0.2, 0) is 11.3 Å². The van der Waals surface area contributed by atoms with Gasteiger partial charge < -0.3 is 15.1 Å². The van der Waals surface area contributed by atoms with E-state index in [4.69, 9.17) is 4.42 Å². The second-order valence-corrected chi connectivity index (χ2v) is 5.54. The molecule has 0 aromatic carbocycles. The number of carbonyl (C=O) groups excluding carboxylic acids is 1. The fourth-order valence-corrected chi connectivity index (χ4v) is 2.56. The lowest BCUT2D eigenvalue weighted by Gasteiger charge is -2.23. The summed E-state index contributed by atoms with van der Waals surface area (Å²) >= 11 is 0. The van der Waals surface area contributed by atoms with Gasteiger partial charge in [-0.05, 0) is 30.9 Å². The van der Waals surface area contributed by atoms with Crippen molar-refractivity contribution in [2.45, 2.75) is 44.7 Å². The Morgan fingerprint density at radius 1 is 1.50 bits per heavy atom. The molecular formula is C14H20N2O2. The number of nitrogens with one attached hydrogen (secondary N) is 2. The first-order valence-electron chi connectivity index (χ1n) is 6.81. The lowest BCUT2D eigenvalue weighted by atomic mass is 10.1. The summed E-state index contributed by atoms with van der Waals surface area (Å²) in [5, 5.41) is 6.31. The van der Waals surface area contributed by atoms with E-state index in [2.05, 4.69) is 29.7 Å². The van der Waals surface area contributed by atoms with Crippen LogP contribution in [0.4, 0.5) is 0 Å². The molecule has 1 aromatic rings. The summed E-state index contributed by atoms with van der Waals surface area (Å²) in [5.74, 6) is 3.73. The van der Waals surface area contributed by atoms with Crippen molar-refractivity contribution < 1.29 is 9.21 Å². The van der Waals surface area contributed by atoms with Crippen LogP contribution in [0, 0.1) is 5.92 Å². The van der Waals surface area contributed by atoms with Crippen LogP contribution in [0.3, 0.4) is 0 Å². The van der Waals surface area contributed by atoms with Crippen LogP contribution in [0.5, 0.6) is 0 Å². The lowest BCUT2D eigenvalue weighted by Crippen LogP contribution is -2.45. The minimum absolute atomic E-state index is 0.163. The van der Waals surface area contributed by atoms with E-state index >= 15 is 0 Å². The molecular weight excluding hydrogens is 228 g/mol. The first-order chi connectivity index (χ1) is 8.72. The molecule has 0 spiro atoms. The van der Waals surface area contributed by atoms with Crippen molar-refractivity contribution in [3.63, 3.8) is 0 Å². The quantitative estimate of drug-likeness (QED) is 0.854. The first-order valence-corrected chi connectivity index (χ1v) is 6.81. The summed E-state index contributed by atoms with van der Waals surface area (Å²) in [6.45, 7) is 3.74. The minimum Gasteiger partial charge on any atom is -0.464 e. The second-order valence-electron chi connectivity index (χ2n) is 5.54. The summed E-state index contributed by atoms with van der Waals surface area (Å²) in [7, 11) is 0. The van der Waals surface area contributed by atoms with Crippen molar-refractivity contribution in [1.29, 1.82) is 0 Å². The van der Waals surface area contributed by atoms with E-state index in [0.29, 0.717) is 18.4 Å². The molecule has 4 nitrogen and oxygen atoms in total. The molecule has 1 amide bonds. The van der Waals surface area contributed by atoms with E-state index in [-0.39, 0.29) is 5.91 Å². The fourth-order valence-electron chi connectivity index (χ4n) is 2.56. The van der Waals surface area contributed by atoms with Crippen molar-refractivity contribution in [3.05, 3.63) is 23.7 Å². The molecule has 0 radical (unpaired) electrons.